The van der Waals surface area contributed by atoms with Crippen molar-refractivity contribution in [3.63, 3.8) is 0 Å². The van der Waals surface area contributed by atoms with Gasteiger partial charge in [0.2, 0.25) is 14.7 Å². The predicted octanol–water partition coefficient (Wildman–Crippen LogP) is 0.363. The first-order valence-corrected chi connectivity index (χ1v) is 6.88. The van der Waals surface area contributed by atoms with Gasteiger partial charge >= 0.3 is 0 Å². The molecule has 0 rings (SSSR count). The molecular weight excluding hydrogens is 186 g/mol. The molecular formula is C3H10MgO4P2. The first kappa shape index (κ1) is 13.7. The molecule has 2 atom stereocenters. The Bertz CT molecular complexity index is 159. The van der Waals surface area contributed by atoms with Crippen molar-refractivity contribution in [2.24, 2.45) is 0 Å². The molecule has 0 amide bonds. The second-order valence-corrected chi connectivity index (χ2v) is 7.58. The molecule has 4 nitrogen and oxygen atoms in total. The van der Waals surface area contributed by atoms with Crippen LogP contribution in [0.5, 0.6) is 0 Å². The molecule has 7 heteroatoms. The van der Waals surface area contributed by atoms with Crippen LogP contribution in [0.1, 0.15) is 0 Å². The Labute approximate surface area is 76.1 Å². The van der Waals surface area contributed by atoms with E-state index in [1.807, 2.05) is 0 Å². The summed E-state index contributed by atoms with van der Waals surface area (Å²) >= 11 is 0. The fourth-order valence-corrected chi connectivity index (χ4v) is 4.38. The van der Waals surface area contributed by atoms with Crippen molar-refractivity contribution in [3.05, 3.63) is 0 Å². The van der Waals surface area contributed by atoms with Crippen molar-refractivity contribution in [3.8, 4) is 0 Å². The van der Waals surface area contributed by atoms with Gasteiger partial charge in [0.05, 0.1) is 0 Å². The highest BCUT2D eigenvalue weighted by molar-refractivity contribution is 7.74. The van der Waals surface area contributed by atoms with Crippen molar-refractivity contribution in [1.29, 1.82) is 0 Å². The molecule has 0 bridgehead atoms. The molecule has 2 N–H and O–H groups in total. The van der Waals surface area contributed by atoms with E-state index in [4.69, 9.17) is 9.79 Å². The molecule has 10 heavy (non-hydrogen) atoms. The lowest BCUT2D eigenvalue weighted by molar-refractivity contribution is 0.473. The molecule has 0 aliphatic carbocycles. The second-order valence-electron chi connectivity index (χ2n) is 2.24. The lowest BCUT2D eigenvalue weighted by Crippen LogP contribution is -1.86. The quantitative estimate of drug-likeness (QED) is 0.494. The van der Waals surface area contributed by atoms with Gasteiger partial charge in [-0.1, -0.05) is 0 Å². The molecule has 0 aliphatic rings. The molecule has 58 valence electrons. The highest BCUT2D eigenvalue weighted by atomic mass is 31.2. The summed E-state index contributed by atoms with van der Waals surface area (Å²) in [5.74, 6) is -0.486. The third-order valence-corrected chi connectivity index (χ3v) is 4.72. The van der Waals surface area contributed by atoms with Crippen LogP contribution in [0.3, 0.4) is 0 Å². The van der Waals surface area contributed by atoms with Crippen molar-refractivity contribution in [1.82, 2.24) is 0 Å². The maximum absolute atomic E-state index is 10.5. The van der Waals surface area contributed by atoms with E-state index < -0.39 is 20.6 Å². The van der Waals surface area contributed by atoms with Crippen molar-refractivity contribution >= 4 is 37.8 Å². The minimum atomic E-state index is -3.30. The maximum atomic E-state index is 10.5. The number of hydrogen-bond donors (Lipinski definition) is 2. The van der Waals surface area contributed by atoms with E-state index in [0.717, 1.165) is 13.3 Å². The average Bonchev–Trinajstić information content (AvgIpc) is 1.14. The average molecular weight is 196 g/mol. The maximum Gasteiger partial charge on any atom is 0.207 e. The van der Waals surface area contributed by atoms with Crippen LogP contribution in [0, 0.1) is 0 Å². The van der Waals surface area contributed by atoms with Crippen LogP contribution in [0.4, 0.5) is 0 Å². The fraction of sp³-hybridized carbons (Fsp3) is 1.00. The zero-order chi connectivity index (χ0) is 7.71. The van der Waals surface area contributed by atoms with E-state index in [1.54, 1.807) is 0 Å². The van der Waals surface area contributed by atoms with E-state index in [9.17, 15) is 9.13 Å². The minimum absolute atomic E-state index is 0. The van der Waals surface area contributed by atoms with Gasteiger partial charge in [0.15, 0.2) is 0 Å². The smallest absolute Gasteiger partial charge is 0.207 e. The molecule has 0 spiro atoms. The summed E-state index contributed by atoms with van der Waals surface area (Å²) in [6, 6.07) is 0. The van der Waals surface area contributed by atoms with Crippen LogP contribution >= 0.6 is 14.7 Å². The van der Waals surface area contributed by atoms with Crippen molar-refractivity contribution in [2.45, 2.75) is 0 Å². The lowest BCUT2D eigenvalue weighted by Gasteiger charge is -2.06. The van der Waals surface area contributed by atoms with Gasteiger partial charge in [-0.15, -0.1) is 0 Å². The molecule has 2 unspecified atom stereocenters. The van der Waals surface area contributed by atoms with Gasteiger partial charge in [0, 0.05) is 36.4 Å². The van der Waals surface area contributed by atoms with Gasteiger partial charge < -0.3 is 9.79 Å². The fourth-order valence-electron chi connectivity index (χ4n) is 0.487. The van der Waals surface area contributed by atoms with Gasteiger partial charge in [0.25, 0.3) is 0 Å². The van der Waals surface area contributed by atoms with Gasteiger partial charge in [-0.3, -0.25) is 9.13 Å². The van der Waals surface area contributed by atoms with Crippen LogP contribution in [0.25, 0.3) is 0 Å². The van der Waals surface area contributed by atoms with Crippen LogP contribution in [-0.2, 0) is 9.13 Å². The summed E-state index contributed by atoms with van der Waals surface area (Å²) in [6.07, 6.45) is 0. The molecule has 0 aromatic carbocycles. The first-order valence-electron chi connectivity index (χ1n) is 2.29. The van der Waals surface area contributed by atoms with E-state index >= 15 is 0 Å². The van der Waals surface area contributed by atoms with Gasteiger partial charge in [-0.2, -0.15) is 0 Å². The van der Waals surface area contributed by atoms with Crippen LogP contribution < -0.4 is 0 Å². The minimum Gasteiger partial charge on any atom is -0.344 e. The summed E-state index contributed by atoms with van der Waals surface area (Å²) in [7, 11) is -6.60. The predicted molar refractivity (Wildman–Crippen MR) is 42.1 cm³/mol. The molecule has 0 saturated carbocycles. The Kier molecular flexibility index (Phi) is 5.82. The SMILES string of the molecule is CP(=O)(O)CP(C)(=O)O.[Mg]. The summed E-state index contributed by atoms with van der Waals surface area (Å²) in [5.41, 5.74) is 0. The third-order valence-electron chi connectivity index (χ3n) is 0.525. The zero-order valence-corrected chi connectivity index (χ0v) is 9.22. The summed E-state index contributed by atoms with van der Waals surface area (Å²) in [6.45, 7) is 2.14. The number of hydrogen-bond acceptors (Lipinski definition) is 2. The monoisotopic (exact) mass is 196 g/mol. The molecule has 0 fully saturated rings. The van der Waals surface area contributed by atoms with E-state index in [-0.39, 0.29) is 23.1 Å². The topological polar surface area (TPSA) is 74.6 Å². The van der Waals surface area contributed by atoms with Crippen LogP contribution in [-0.4, -0.2) is 52.1 Å². The lowest BCUT2D eigenvalue weighted by atomic mass is 11.9. The van der Waals surface area contributed by atoms with E-state index in [2.05, 4.69) is 0 Å². The molecule has 2 radical (unpaired) electrons. The van der Waals surface area contributed by atoms with Crippen LogP contribution in [0.2, 0.25) is 0 Å². The summed E-state index contributed by atoms with van der Waals surface area (Å²) < 4.78 is 20.9. The molecule has 0 heterocycles. The number of rotatable bonds is 2. The Morgan fingerprint density at radius 3 is 1.30 bits per heavy atom. The molecule has 0 aliphatic heterocycles. The van der Waals surface area contributed by atoms with Crippen LogP contribution in [0.15, 0.2) is 0 Å². The Balaban J connectivity index is 0. The Morgan fingerprint density at radius 1 is 1.10 bits per heavy atom. The van der Waals surface area contributed by atoms with E-state index in [0.29, 0.717) is 0 Å². The van der Waals surface area contributed by atoms with Gasteiger partial charge in [-0.25, -0.2) is 0 Å². The molecule has 0 aromatic heterocycles. The Hall–Kier alpha value is 1.15. The first-order chi connectivity index (χ1) is 3.71. The largest absolute Gasteiger partial charge is 0.344 e. The molecule has 0 saturated heterocycles. The molecule has 0 aromatic rings. The summed E-state index contributed by atoms with van der Waals surface area (Å²) in [5, 5.41) is 0. The summed E-state index contributed by atoms with van der Waals surface area (Å²) in [4.78, 5) is 17.2. The highest BCUT2D eigenvalue weighted by Gasteiger charge is 2.21. The standard InChI is InChI=1S/C3H10O4P2.Mg/c1-8(4,5)3-9(2,6)7;/h3H2,1-2H3,(H,4,5)(H,6,7);. The van der Waals surface area contributed by atoms with Gasteiger partial charge in [0.1, 0.15) is 5.90 Å². The van der Waals surface area contributed by atoms with Crippen molar-refractivity contribution < 1.29 is 18.9 Å². The zero-order valence-electron chi connectivity index (χ0n) is 6.02. The highest BCUT2D eigenvalue weighted by Crippen LogP contribution is 2.52. The van der Waals surface area contributed by atoms with Crippen molar-refractivity contribution in [2.75, 3.05) is 19.2 Å². The third kappa shape index (κ3) is 11.9. The van der Waals surface area contributed by atoms with E-state index in [1.165, 1.54) is 0 Å². The Morgan fingerprint density at radius 2 is 1.30 bits per heavy atom. The normalized spacial score (nSPS) is 22.0. The van der Waals surface area contributed by atoms with Gasteiger partial charge in [-0.05, 0) is 0 Å². The second kappa shape index (κ2) is 4.24.